The van der Waals surface area contributed by atoms with Gasteiger partial charge in [0.15, 0.2) is 0 Å². The van der Waals surface area contributed by atoms with Crippen LogP contribution in [0.3, 0.4) is 0 Å². The summed E-state index contributed by atoms with van der Waals surface area (Å²) in [6.45, 7) is 0.679. The molecule has 142 valence electrons. The van der Waals surface area contributed by atoms with E-state index in [1.54, 1.807) is 23.0 Å². The largest absolute Gasteiger partial charge is 0.497 e. The number of hydrogen-bond donors (Lipinski definition) is 0. The van der Waals surface area contributed by atoms with Gasteiger partial charge in [-0.25, -0.2) is 22.1 Å². The lowest BCUT2D eigenvalue weighted by molar-refractivity contribution is 0.182. The molecule has 1 fully saturated rings. The minimum Gasteiger partial charge on any atom is -0.497 e. The first-order chi connectivity index (χ1) is 12.3. The number of hydrogen-bond acceptors (Lipinski definition) is 5. The number of sulfonamides is 1. The first-order valence-electron chi connectivity index (χ1n) is 8.18. The quantitative estimate of drug-likeness (QED) is 0.760. The predicted molar refractivity (Wildman–Crippen MR) is 95.0 cm³/mol. The number of imidazole rings is 1. The summed E-state index contributed by atoms with van der Waals surface area (Å²) >= 11 is 0. The summed E-state index contributed by atoms with van der Waals surface area (Å²) in [5.74, 6) is 0.233. The molecule has 3 rings (SSSR count). The molecule has 1 aromatic carbocycles. The fourth-order valence-corrected chi connectivity index (χ4v) is 4.22. The summed E-state index contributed by atoms with van der Waals surface area (Å²) in [5.41, 5.74) is 0.301. The van der Waals surface area contributed by atoms with E-state index in [0.717, 1.165) is 0 Å². The second kappa shape index (κ2) is 7.34. The molecule has 1 aliphatic heterocycles. The summed E-state index contributed by atoms with van der Waals surface area (Å²) in [5, 5.41) is 0. The molecule has 0 bridgehead atoms. The molecule has 0 N–H and O–H groups in total. The molecule has 1 aromatic heterocycles. The van der Waals surface area contributed by atoms with Crippen LogP contribution in [0, 0.1) is 11.7 Å². The van der Waals surface area contributed by atoms with Crippen molar-refractivity contribution in [2.24, 2.45) is 5.92 Å². The molecule has 2 atom stereocenters. The van der Waals surface area contributed by atoms with Gasteiger partial charge in [0.05, 0.1) is 37.7 Å². The molecule has 2 heterocycles. The average Bonchev–Trinajstić information content (AvgIpc) is 3.23. The van der Waals surface area contributed by atoms with E-state index in [4.69, 9.17) is 9.47 Å². The zero-order chi connectivity index (χ0) is 18.9. The second-order valence-corrected chi connectivity index (χ2v) is 8.66. The predicted octanol–water partition coefficient (Wildman–Crippen LogP) is 1.78. The van der Waals surface area contributed by atoms with Crippen molar-refractivity contribution in [2.45, 2.75) is 6.04 Å². The number of methoxy groups -OCH3 is 1. The van der Waals surface area contributed by atoms with E-state index >= 15 is 0 Å². The van der Waals surface area contributed by atoms with Crippen molar-refractivity contribution >= 4 is 10.0 Å². The summed E-state index contributed by atoms with van der Waals surface area (Å²) in [7, 11) is 1.15. The monoisotopic (exact) mass is 383 g/mol. The van der Waals surface area contributed by atoms with Gasteiger partial charge in [-0.2, -0.15) is 0 Å². The van der Waals surface area contributed by atoms with Crippen LogP contribution in [0.2, 0.25) is 0 Å². The fraction of sp³-hybridized carbons (Fsp3) is 0.471. The van der Waals surface area contributed by atoms with Crippen LogP contribution >= 0.6 is 0 Å². The molecule has 0 unspecified atom stereocenters. The highest BCUT2D eigenvalue weighted by Crippen LogP contribution is 2.33. The van der Waals surface area contributed by atoms with Crippen LogP contribution in [0.1, 0.15) is 6.04 Å². The van der Waals surface area contributed by atoms with E-state index in [0.29, 0.717) is 30.4 Å². The molecule has 0 spiro atoms. The van der Waals surface area contributed by atoms with Crippen molar-refractivity contribution in [3.63, 3.8) is 0 Å². The second-order valence-electron chi connectivity index (χ2n) is 6.43. The molecule has 0 saturated carbocycles. The van der Waals surface area contributed by atoms with Crippen molar-refractivity contribution in [1.82, 2.24) is 13.9 Å². The fourth-order valence-electron chi connectivity index (χ4n) is 3.07. The van der Waals surface area contributed by atoms with Gasteiger partial charge in [0.2, 0.25) is 10.0 Å². The molecule has 2 aromatic rings. The third-order valence-corrected chi connectivity index (χ3v) is 6.55. The van der Waals surface area contributed by atoms with Crippen molar-refractivity contribution in [2.75, 3.05) is 40.2 Å². The smallest absolute Gasteiger partial charge is 0.214 e. The summed E-state index contributed by atoms with van der Waals surface area (Å²) < 4.78 is 52.6. The lowest BCUT2D eigenvalue weighted by Crippen LogP contribution is -2.32. The topological polar surface area (TPSA) is 73.7 Å². The van der Waals surface area contributed by atoms with Gasteiger partial charge in [-0.1, -0.05) is 0 Å². The van der Waals surface area contributed by atoms with E-state index < -0.39 is 15.8 Å². The summed E-state index contributed by atoms with van der Waals surface area (Å²) in [6, 6.07) is 4.20. The normalized spacial score (nSPS) is 20.7. The Morgan fingerprint density at radius 2 is 2.15 bits per heavy atom. The van der Waals surface area contributed by atoms with Crippen LogP contribution in [-0.4, -0.2) is 62.4 Å². The molecule has 0 amide bonds. The highest BCUT2D eigenvalue weighted by atomic mass is 32.2. The van der Waals surface area contributed by atoms with E-state index in [-0.39, 0.29) is 17.7 Å². The van der Waals surface area contributed by atoms with Crippen molar-refractivity contribution in [1.29, 1.82) is 0 Å². The number of nitrogens with zero attached hydrogens (tertiary/aromatic N) is 3. The van der Waals surface area contributed by atoms with Gasteiger partial charge in [-0.05, 0) is 18.2 Å². The molecule has 9 heteroatoms. The van der Waals surface area contributed by atoms with Gasteiger partial charge < -0.3 is 14.0 Å². The maximum atomic E-state index is 14.4. The van der Waals surface area contributed by atoms with Crippen molar-refractivity contribution < 1.29 is 22.3 Å². The summed E-state index contributed by atoms with van der Waals surface area (Å²) in [4.78, 5) is 4.29. The Morgan fingerprint density at radius 3 is 2.85 bits per heavy atom. The number of halogens is 1. The van der Waals surface area contributed by atoms with Crippen molar-refractivity contribution in [3.05, 3.63) is 36.4 Å². The number of rotatable bonds is 6. The van der Waals surface area contributed by atoms with Gasteiger partial charge in [0, 0.05) is 32.4 Å². The standard InChI is InChI=1S/C17H22FN3O4S/c1-20(2)26(22,23)11-12-9-25-10-16(12)21-7-6-19-17(21)14-8-13(24-3)4-5-15(14)18/h4-8,12,16H,9-11H2,1-3H3/t12-,16+/m0/s1. The molecule has 0 radical (unpaired) electrons. The van der Waals surface area contributed by atoms with Gasteiger partial charge in [-0.3, -0.25) is 0 Å². The number of ether oxygens (including phenoxy) is 2. The van der Waals surface area contributed by atoms with Crippen LogP contribution in [-0.2, 0) is 14.8 Å². The minimum absolute atomic E-state index is 0.0388. The molecular weight excluding hydrogens is 361 g/mol. The van der Waals surface area contributed by atoms with Crippen LogP contribution in [0.4, 0.5) is 4.39 Å². The lowest BCUT2D eigenvalue weighted by Gasteiger charge is -2.22. The third-order valence-electron chi connectivity index (χ3n) is 4.59. The molecule has 0 aliphatic carbocycles. The molecule has 1 aliphatic rings. The SMILES string of the molecule is COc1ccc(F)c(-c2nccn2[C@@H]2COC[C@H]2CS(=O)(=O)N(C)C)c1. The maximum absolute atomic E-state index is 14.4. The molecule has 26 heavy (non-hydrogen) atoms. The highest BCUT2D eigenvalue weighted by molar-refractivity contribution is 7.89. The first-order valence-corrected chi connectivity index (χ1v) is 9.79. The van der Waals surface area contributed by atoms with Gasteiger partial charge >= 0.3 is 0 Å². The van der Waals surface area contributed by atoms with E-state index in [9.17, 15) is 12.8 Å². The Balaban J connectivity index is 1.95. The van der Waals surface area contributed by atoms with Gasteiger partial charge in [0.25, 0.3) is 0 Å². The lowest BCUT2D eigenvalue weighted by atomic mass is 10.1. The number of aromatic nitrogens is 2. The molecule has 7 nitrogen and oxygen atoms in total. The Hall–Kier alpha value is -1.97. The Kier molecular flexibility index (Phi) is 5.31. The average molecular weight is 383 g/mol. The van der Waals surface area contributed by atoms with E-state index in [2.05, 4.69) is 4.98 Å². The van der Waals surface area contributed by atoms with Crippen LogP contribution in [0.15, 0.2) is 30.6 Å². The molecular formula is C17H22FN3O4S. The van der Waals surface area contributed by atoms with E-state index in [1.165, 1.54) is 37.6 Å². The third kappa shape index (κ3) is 3.60. The Labute approximate surface area is 152 Å². The van der Waals surface area contributed by atoms with Crippen LogP contribution in [0.5, 0.6) is 5.75 Å². The maximum Gasteiger partial charge on any atom is 0.214 e. The van der Waals surface area contributed by atoms with Gasteiger partial charge in [0.1, 0.15) is 17.4 Å². The van der Waals surface area contributed by atoms with Crippen molar-refractivity contribution in [3.8, 4) is 17.1 Å². The zero-order valence-corrected chi connectivity index (χ0v) is 15.7. The number of benzene rings is 1. The Morgan fingerprint density at radius 1 is 1.38 bits per heavy atom. The minimum atomic E-state index is -3.38. The molecule has 1 saturated heterocycles. The Bertz CT molecular complexity index is 882. The van der Waals surface area contributed by atoms with Crippen LogP contribution < -0.4 is 4.74 Å². The highest BCUT2D eigenvalue weighted by Gasteiger charge is 2.35. The van der Waals surface area contributed by atoms with Crippen LogP contribution in [0.25, 0.3) is 11.4 Å². The van der Waals surface area contributed by atoms with E-state index in [1.807, 2.05) is 0 Å². The summed E-state index contributed by atoms with van der Waals surface area (Å²) in [6.07, 6.45) is 3.30. The first kappa shape index (κ1) is 18.8. The zero-order valence-electron chi connectivity index (χ0n) is 14.9. The van der Waals surface area contributed by atoms with Gasteiger partial charge in [-0.15, -0.1) is 0 Å².